The fraction of sp³-hybridized carbons (Fsp3) is 0.435. The molecule has 29 heavy (non-hydrogen) atoms. The molecule has 3 rings (SSSR count). The van der Waals surface area contributed by atoms with Crippen molar-refractivity contribution < 1.29 is 19.0 Å². The first-order chi connectivity index (χ1) is 14.2. The second-order valence-electron chi connectivity index (χ2n) is 7.02. The van der Waals surface area contributed by atoms with Gasteiger partial charge in [0.05, 0.1) is 33.0 Å². The fourth-order valence-corrected chi connectivity index (χ4v) is 3.39. The smallest absolute Gasteiger partial charge is 0.251 e. The normalized spacial score (nSPS) is 15.5. The minimum Gasteiger partial charge on any atom is -0.497 e. The molecular formula is C23H30N2O4. The molecule has 1 heterocycles. The van der Waals surface area contributed by atoms with Gasteiger partial charge in [0, 0.05) is 25.2 Å². The van der Waals surface area contributed by atoms with Crippen LogP contribution >= 0.6 is 0 Å². The summed E-state index contributed by atoms with van der Waals surface area (Å²) in [6.45, 7) is 6.37. The third kappa shape index (κ3) is 5.95. The highest BCUT2D eigenvalue weighted by atomic mass is 16.5. The molecule has 6 heteroatoms. The number of nitrogens with zero attached hydrogens (tertiary/aromatic N) is 1. The molecule has 1 amide bonds. The lowest BCUT2D eigenvalue weighted by Gasteiger charge is -2.35. The van der Waals surface area contributed by atoms with Crippen molar-refractivity contribution in [3.8, 4) is 11.5 Å². The molecule has 1 aliphatic heterocycles. The van der Waals surface area contributed by atoms with Crippen molar-refractivity contribution >= 4 is 5.91 Å². The Hall–Kier alpha value is -2.57. The van der Waals surface area contributed by atoms with Gasteiger partial charge in [0.1, 0.15) is 11.5 Å². The monoisotopic (exact) mass is 398 g/mol. The maximum atomic E-state index is 12.7. The van der Waals surface area contributed by atoms with Crippen molar-refractivity contribution in [2.75, 3.05) is 46.6 Å². The molecule has 0 bridgehead atoms. The van der Waals surface area contributed by atoms with Gasteiger partial charge in [-0.25, -0.2) is 0 Å². The van der Waals surface area contributed by atoms with Gasteiger partial charge >= 0.3 is 0 Å². The summed E-state index contributed by atoms with van der Waals surface area (Å²) in [5.41, 5.74) is 1.78. The standard InChI is InChI=1S/C23H30N2O4/c1-3-14-29-21-10-6-19(7-11-21)23(26)24-17-22(25-12-15-28-16-13-25)18-4-8-20(27-2)9-5-18/h4-11,22H,3,12-17H2,1-2H3,(H,24,26)/t22-/m1/s1. The number of hydrogen-bond donors (Lipinski definition) is 1. The van der Waals surface area contributed by atoms with Crippen LogP contribution in [0.25, 0.3) is 0 Å². The molecule has 1 atom stereocenters. The van der Waals surface area contributed by atoms with Gasteiger partial charge in [-0.3, -0.25) is 9.69 Å². The molecule has 1 fully saturated rings. The van der Waals surface area contributed by atoms with E-state index in [2.05, 4.69) is 29.3 Å². The second-order valence-corrected chi connectivity index (χ2v) is 7.02. The Kier molecular flexibility index (Phi) is 7.90. The lowest BCUT2D eigenvalue weighted by molar-refractivity contribution is 0.0162. The number of morpholine rings is 1. The van der Waals surface area contributed by atoms with Crippen LogP contribution in [0.15, 0.2) is 48.5 Å². The van der Waals surface area contributed by atoms with E-state index < -0.39 is 0 Å². The van der Waals surface area contributed by atoms with E-state index in [0.717, 1.165) is 36.6 Å². The Labute approximate surface area is 172 Å². The highest BCUT2D eigenvalue weighted by Crippen LogP contribution is 2.24. The predicted octanol–water partition coefficient (Wildman–Crippen LogP) is 3.29. The molecule has 2 aromatic rings. The average Bonchev–Trinajstić information content (AvgIpc) is 2.79. The minimum atomic E-state index is -0.0844. The van der Waals surface area contributed by atoms with E-state index in [9.17, 15) is 4.79 Å². The lowest BCUT2D eigenvalue weighted by Crippen LogP contribution is -2.43. The summed E-state index contributed by atoms with van der Waals surface area (Å²) in [4.78, 5) is 15.0. The Bertz CT molecular complexity index is 755. The van der Waals surface area contributed by atoms with Crippen molar-refractivity contribution in [2.45, 2.75) is 19.4 Å². The van der Waals surface area contributed by atoms with Crippen molar-refractivity contribution in [1.29, 1.82) is 0 Å². The molecule has 1 saturated heterocycles. The first kappa shape index (κ1) is 21.1. The maximum Gasteiger partial charge on any atom is 0.251 e. The summed E-state index contributed by atoms with van der Waals surface area (Å²) in [6.07, 6.45) is 0.955. The van der Waals surface area contributed by atoms with E-state index in [-0.39, 0.29) is 11.9 Å². The SMILES string of the molecule is CCCOc1ccc(C(=O)NC[C@H](c2ccc(OC)cc2)N2CCOCC2)cc1. The van der Waals surface area contributed by atoms with Crippen molar-refractivity contribution in [3.63, 3.8) is 0 Å². The summed E-state index contributed by atoms with van der Waals surface area (Å²) in [5, 5.41) is 3.09. The van der Waals surface area contributed by atoms with Crippen LogP contribution in [-0.4, -0.2) is 57.4 Å². The molecule has 0 spiro atoms. The van der Waals surface area contributed by atoms with Gasteiger partial charge in [0.15, 0.2) is 0 Å². The van der Waals surface area contributed by atoms with Gasteiger partial charge in [-0.05, 0) is 48.4 Å². The Balaban J connectivity index is 1.66. The van der Waals surface area contributed by atoms with Gasteiger partial charge < -0.3 is 19.5 Å². The molecule has 0 unspecified atom stereocenters. The van der Waals surface area contributed by atoms with Crippen LogP contribution in [0, 0.1) is 0 Å². The Morgan fingerprint density at radius 2 is 1.72 bits per heavy atom. The van der Waals surface area contributed by atoms with Crippen molar-refractivity contribution in [3.05, 3.63) is 59.7 Å². The number of methoxy groups -OCH3 is 1. The van der Waals surface area contributed by atoms with Crippen LogP contribution < -0.4 is 14.8 Å². The van der Waals surface area contributed by atoms with E-state index in [1.165, 1.54) is 0 Å². The van der Waals surface area contributed by atoms with E-state index in [4.69, 9.17) is 14.2 Å². The van der Waals surface area contributed by atoms with Crippen LogP contribution in [0.5, 0.6) is 11.5 Å². The summed E-state index contributed by atoms with van der Waals surface area (Å²) < 4.78 is 16.4. The number of benzene rings is 2. The number of ether oxygens (including phenoxy) is 3. The van der Waals surface area contributed by atoms with E-state index >= 15 is 0 Å². The van der Waals surface area contributed by atoms with Gasteiger partial charge in [0.2, 0.25) is 0 Å². The van der Waals surface area contributed by atoms with Crippen LogP contribution in [0.3, 0.4) is 0 Å². The van der Waals surface area contributed by atoms with Gasteiger partial charge in [0.25, 0.3) is 5.91 Å². The lowest BCUT2D eigenvalue weighted by atomic mass is 10.0. The van der Waals surface area contributed by atoms with Gasteiger partial charge in [-0.15, -0.1) is 0 Å². The molecular weight excluding hydrogens is 368 g/mol. The largest absolute Gasteiger partial charge is 0.497 e. The zero-order valence-corrected chi connectivity index (χ0v) is 17.2. The van der Waals surface area contributed by atoms with Crippen LogP contribution in [-0.2, 0) is 4.74 Å². The first-order valence-electron chi connectivity index (χ1n) is 10.2. The summed E-state index contributed by atoms with van der Waals surface area (Å²) >= 11 is 0. The summed E-state index contributed by atoms with van der Waals surface area (Å²) in [5.74, 6) is 1.52. The highest BCUT2D eigenvalue weighted by Gasteiger charge is 2.23. The minimum absolute atomic E-state index is 0.0842. The molecule has 156 valence electrons. The summed E-state index contributed by atoms with van der Waals surface area (Å²) in [6, 6.07) is 15.4. The number of nitrogens with one attached hydrogen (secondary N) is 1. The van der Waals surface area contributed by atoms with Crippen LogP contribution in [0.1, 0.15) is 35.3 Å². The third-order valence-corrected chi connectivity index (χ3v) is 5.03. The quantitative estimate of drug-likeness (QED) is 0.702. The van der Waals surface area contributed by atoms with Gasteiger partial charge in [-0.2, -0.15) is 0 Å². The fourth-order valence-electron chi connectivity index (χ4n) is 3.39. The molecule has 1 N–H and O–H groups in total. The van der Waals surface area contributed by atoms with E-state index in [1.807, 2.05) is 24.3 Å². The van der Waals surface area contributed by atoms with Crippen LogP contribution in [0.2, 0.25) is 0 Å². The van der Waals surface area contributed by atoms with Crippen molar-refractivity contribution in [1.82, 2.24) is 10.2 Å². The zero-order valence-electron chi connectivity index (χ0n) is 17.2. The number of rotatable bonds is 9. The molecule has 0 aliphatic carbocycles. The Morgan fingerprint density at radius 1 is 1.07 bits per heavy atom. The number of carbonyl (C=O) groups is 1. The highest BCUT2D eigenvalue weighted by molar-refractivity contribution is 5.94. The number of carbonyl (C=O) groups excluding carboxylic acids is 1. The maximum absolute atomic E-state index is 12.7. The number of hydrogen-bond acceptors (Lipinski definition) is 5. The topological polar surface area (TPSA) is 60.0 Å². The Morgan fingerprint density at radius 3 is 2.34 bits per heavy atom. The van der Waals surface area contributed by atoms with E-state index in [1.54, 1.807) is 19.2 Å². The molecule has 0 saturated carbocycles. The zero-order chi connectivity index (χ0) is 20.5. The van der Waals surface area contributed by atoms with Crippen molar-refractivity contribution in [2.24, 2.45) is 0 Å². The van der Waals surface area contributed by atoms with Crippen LogP contribution in [0.4, 0.5) is 0 Å². The molecule has 6 nitrogen and oxygen atoms in total. The van der Waals surface area contributed by atoms with Gasteiger partial charge in [-0.1, -0.05) is 19.1 Å². The van der Waals surface area contributed by atoms with E-state index in [0.29, 0.717) is 31.9 Å². The average molecular weight is 399 g/mol. The number of amides is 1. The summed E-state index contributed by atoms with van der Waals surface area (Å²) in [7, 11) is 1.66. The second kappa shape index (κ2) is 10.8. The predicted molar refractivity (Wildman–Crippen MR) is 113 cm³/mol. The molecule has 2 aromatic carbocycles. The molecule has 0 aromatic heterocycles. The molecule has 1 aliphatic rings. The first-order valence-corrected chi connectivity index (χ1v) is 10.2. The molecule has 0 radical (unpaired) electrons. The third-order valence-electron chi connectivity index (χ3n) is 5.03.